The molecule has 2 heterocycles. The van der Waals surface area contributed by atoms with Gasteiger partial charge in [-0.1, -0.05) is 20.8 Å². The zero-order valence-electron chi connectivity index (χ0n) is 13.5. The molecule has 2 rings (SSSR count). The standard InChI is InChI=1S/C14H24N4O3S/c1-14(2,3)12-9-11(16-17-12)13(19)15-10-5-7-18(8-6-10)22(4,20)21/h9-10H,5-8H2,1-4H3,(H,15,19)(H,16,17). The van der Waals surface area contributed by atoms with Crippen LogP contribution in [0.15, 0.2) is 6.07 Å². The van der Waals surface area contributed by atoms with Crippen LogP contribution in [0.25, 0.3) is 0 Å². The van der Waals surface area contributed by atoms with Gasteiger partial charge in [0.2, 0.25) is 10.0 Å². The fourth-order valence-corrected chi connectivity index (χ4v) is 3.29. The number of amides is 1. The molecule has 0 unspecified atom stereocenters. The van der Waals surface area contributed by atoms with Crippen molar-refractivity contribution in [1.82, 2.24) is 19.8 Å². The van der Waals surface area contributed by atoms with Gasteiger partial charge in [-0.25, -0.2) is 12.7 Å². The van der Waals surface area contributed by atoms with E-state index in [1.807, 2.05) is 20.8 Å². The molecule has 22 heavy (non-hydrogen) atoms. The normalized spacial score (nSPS) is 18.4. The van der Waals surface area contributed by atoms with Gasteiger partial charge in [-0.15, -0.1) is 0 Å². The molecule has 0 saturated carbocycles. The maximum absolute atomic E-state index is 12.2. The average Bonchev–Trinajstić information content (AvgIpc) is 2.87. The quantitative estimate of drug-likeness (QED) is 0.860. The number of nitrogens with zero attached hydrogens (tertiary/aromatic N) is 2. The predicted octanol–water partition coefficient (Wildman–Crippen LogP) is 0.861. The van der Waals surface area contributed by atoms with Crippen molar-refractivity contribution in [2.45, 2.75) is 45.1 Å². The van der Waals surface area contributed by atoms with Crippen LogP contribution in [0.1, 0.15) is 49.8 Å². The minimum absolute atomic E-state index is 0.0136. The van der Waals surface area contributed by atoms with E-state index < -0.39 is 10.0 Å². The first-order chi connectivity index (χ1) is 10.1. The lowest BCUT2D eigenvalue weighted by atomic mass is 9.92. The molecule has 1 saturated heterocycles. The first-order valence-electron chi connectivity index (χ1n) is 7.39. The minimum Gasteiger partial charge on any atom is -0.348 e. The number of hydrogen-bond acceptors (Lipinski definition) is 4. The highest BCUT2D eigenvalue weighted by Crippen LogP contribution is 2.20. The summed E-state index contributed by atoms with van der Waals surface area (Å²) in [5, 5.41) is 9.88. The highest BCUT2D eigenvalue weighted by molar-refractivity contribution is 7.88. The van der Waals surface area contributed by atoms with E-state index in [1.54, 1.807) is 6.07 Å². The van der Waals surface area contributed by atoms with E-state index in [-0.39, 0.29) is 17.4 Å². The van der Waals surface area contributed by atoms with Gasteiger partial charge in [-0.2, -0.15) is 5.10 Å². The Morgan fingerprint density at radius 1 is 1.36 bits per heavy atom. The molecule has 1 aromatic heterocycles. The van der Waals surface area contributed by atoms with Crippen LogP contribution in [0.5, 0.6) is 0 Å². The van der Waals surface area contributed by atoms with Gasteiger partial charge in [0, 0.05) is 30.2 Å². The second-order valence-corrected chi connectivity index (χ2v) is 8.81. The Balaban J connectivity index is 1.92. The minimum atomic E-state index is -3.14. The Morgan fingerprint density at radius 3 is 2.41 bits per heavy atom. The zero-order valence-corrected chi connectivity index (χ0v) is 14.3. The van der Waals surface area contributed by atoms with E-state index in [2.05, 4.69) is 15.5 Å². The summed E-state index contributed by atoms with van der Waals surface area (Å²) in [6.07, 6.45) is 2.45. The van der Waals surface area contributed by atoms with Crippen molar-refractivity contribution in [1.29, 1.82) is 0 Å². The van der Waals surface area contributed by atoms with Gasteiger partial charge < -0.3 is 5.32 Å². The fourth-order valence-electron chi connectivity index (χ4n) is 2.41. The number of hydrogen-bond donors (Lipinski definition) is 2. The lowest BCUT2D eigenvalue weighted by Crippen LogP contribution is -2.46. The lowest BCUT2D eigenvalue weighted by molar-refractivity contribution is 0.0919. The van der Waals surface area contributed by atoms with Crippen LogP contribution in [0.4, 0.5) is 0 Å². The number of H-pyrrole nitrogens is 1. The third-order valence-corrected chi connectivity index (χ3v) is 5.18. The Bertz CT molecular complexity index is 637. The Labute approximate surface area is 131 Å². The molecule has 0 bridgehead atoms. The van der Waals surface area contributed by atoms with Gasteiger partial charge >= 0.3 is 0 Å². The summed E-state index contributed by atoms with van der Waals surface area (Å²) in [6, 6.07) is 1.75. The van der Waals surface area contributed by atoms with Crippen LogP contribution in [-0.2, 0) is 15.4 Å². The van der Waals surface area contributed by atoms with E-state index >= 15 is 0 Å². The Morgan fingerprint density at radius 2 is 1.95 bits per heavy atom. The second-order valence-electron chi connectivity index (χ2n) is 6.83. The number of aromatic nitrogens is 2. The molecular formula is C14H24N4O3S. The maximum atomic E-state index is 12.2. The first-order valence-corrected chi connectivity index (χ1v) is 9.24. The summed E-state index contributed by atoms with van der Waals surface area (Å²) in [4.78, 5) is 12.2. The topological polar surface area (TPSA) is 95.2 Å². The molecule has 8 heteroatoms. The summed E-state index contributed by atoms with van der Waals surface area (Å²) in [7, 11) is -3.14. The Hall–Kier alpha value is -1.41. The number of piperidine rings is 1. The fraction of sp³-hybridized carbons (Fsp3) is 0.714. The van der Waals surface area contributed by atoms with Gasteiger partial charge in [0.1, 0.15) is 5.69 Å². The smallest absolute Gasteiger partial charge is 0.271 e. The van der Waals surface area contributed by atoms with Crippen LogP contribution in [0.2, 0.25) is 0 Å². The maximum Gasteiger partial charge on any atom is 0.271 e. The Kier molecular flexibility index (Phi) is 4.62. The number of carbonyl (C=O) groups excluding carboxylic acids is 1. The highest BCUT2D eigenvalue weighted by Gasteiger charge is 2.27. The van der Waals surface area contributed by atoms with Crippen molar-refractivity contribution in [3.63, 3.8) is 0 Å². The molecule has 0 atom stereocenters. The molecule has 124 valence electrons. The molecule has 1 aliphatic heterocycles. The summed E-state index contributed by atoms with van der Waals surface area (Å²) in [6.45, 7) is 7.02. The van der Waals surface area contributed by atoms with Gasteiger partial charge in [-0.05, 0) is 18.9 Å². The van der Waals surface area contributed by atoms with Crippen molar-refractivity contribution >= 4 is 15.9 Å². The van der Waals surface area contributed by atoms with E-state index in [1.165, 1.54) is 10.6 Å². The van der Waals surface area contributed by atoms with Gasteiger partial charge in [0.15, 0.2) is 0 Å². The monoisotopic (exact) mass is 328 g/mol. The number of nitrogens with one attached hydrogen (secondary N) is 2. The van der Waals surface area contributed by atoms with Crippen molar-refractivity contribution < 1.29 is 13.2 Å². The third-order valence-electron chi connectivity index (χ3n) is 3.88. The predicted molar refractivity (Wildman–Crippen MR) is 84.2 cm³/mol. The lowest BCUT2D eigenvalue weighted by Gasteiger charge is -2.30. The van der Waals surface area contributed by atoms with E-state index in [9.17, 15) is 13.2 Å². The average molecular weight is 328 g/mol. The van der Waals surface area contributed by atoms with Crippen molar-refractivity contribution in [3.05, 3.63) is 17.5 Å². The van der Waals surface area contributed by atoms with Crippen LogP contribution in [0, 0.1) is 0 Å². The molecule has 1 aromatic rings. The highest BCUT2D eigenvalue weighted by atomic mass is 32.2. The summed E-state index contributed by atoms with van der Waals surface area (Å²) >= 11 is 0. The zero-order chi connectivity index (χ0) is 16.5. The number of carbonyl (C=O) groups is 1. The molecular weight excluding hydrogens is 304 g/mol. The molecule has 1 aliphatic rings. The summed E-state index contributed by atoms with van der Waals surface area (Å²) < 4.78 is 24.4. The largest absolute Gasteiger partial charge is 0.348 e. The van der Waals surface area contributed by atoms with Crippen molar-refractivity contribution in [2.24, 2.45) is 0 Å². The molecule has 1 amide bonds. The molecule has 2 N–H and O–H groups in total. The molecule has 7 nitrogen and oxygen atoms in total. The van der Waals surface area contributed by atoms with Crippen molar-refractivity contribution in [2.75, 3.05) is 19.3 Å². The van der Waals surface area contributed by atoms with Gasteiger partial charge in [-0.3, -0.25) is 9.89 Å². The molecule has 0 spiro atoms. The second kappa shape index (κ2) is 6.00. The van der Waals surface area contributed by atoms with Gasteiger partial charge in [0.05, 0.1) is 6.26 Å². The molecule has 0 radical (unpaired) electrons. The molecule has 0 aromatic carbocycles. The van der Waals surface area contributed by atoms with Crippen LogP contribution < -0.4 is 5.32 Å². The molecule has 1 fully saturated rings. The SMILES string of the molecule is CC(C)(C)c1cc(C(=O)NC2CCN(S(C)(=O)=O)CC2)n[nH]1. The van der Waals surface area contributed by atoms with Crippen molar-refractivity contribution in [3.8, 4) is 0 Å². The number of sulfonamides is 1. The summed E-state index contributed by atoms with van der Waals surface area (Å²) in [5.74, 6) is -0.218. The van der Waals surface area contributed by atoms with Crippen LogP contribution >= 0.6 is 0 Å². The number of aromatic amines is 1. The van der Waals surface area contributed by atoms with Gasteiger partial charge in [0.25, 0.3) is 5.91 Å². The third kappa shape index (κ3) is 4.07. The number of rotatable bonds is 3. The van der Waals surface area contributed by atoms with E-state index in [0.717, 1.165) is 5.69 Å². The van der Waals surface area contributed by atoms with Crippen LogP contribution in [-0.4, -0.2) is 54.2 Å². The molecule has 0 aliphatic carbocycles. The van der Waals surface area contributed by atoms with E-state index in [4.69, 9.17) is 0 Å². The van der Waals surface area contributed by atoms with Crippen LogP contribution in [0.3, 0.4) is 0 Å². The first kappa shape index (κ1) is 17.0. The summed E-state index contributed by atoms with van der Waals surface area (Å²) in [5.41, 5.74) is 1.19. The van der Waals surface area contributed by atoms with E-state index in [0.29, 0.717) is 31.6 Å².